The average molecular weight is 284 g/mol. The summed E-state index contributed by atoms with van der Waals surface area (Å²) in [5.41, 5.74) is 7.56. The van der Waals surface area contributed by atoms with Gasteiger partial charge in [0.25, 0.3) is 0 Å². The zero-order valence-electron chi connectivity index (χ0n) is 12.8. The van der Waals surface area contributed by atoms with E-state index in [1.807, 2.05) is 29.7 Å². The number of rotatable bonds is 8. The first-order valence-electron chi connectivity index (χ1n) is 6.96. The summed E-state index contributed by atoms with van der Waals surface area (Å²) in [6.45, 7) is 4.43. The van der Waals surface area contributed by atoms with Gasteiger partial charge in [-0.2, -0.15) is 16.9 Å². The van der Waals surface area contributed by atoms with Crippen LogP contribution in [0.1, 0.15) is 38.3 Å². The second kappa shape index (κ2) is 7.92. The Morgan fingerprint density at radius 1 is 1.53 bits per heavy atom. The summed E-state index contributed by atoms with van der Waals surface area (Å²) in [5, 5.41) is 4.29. The van der Waals surface area contributed by atoms with Gasteiger partial charge >= 0.3 is 0 Å². The molecule has 2 N–H and O–H groups in total. The van der Waals surface area contributed by atoms with Gasteiger partial charge in [0.05, 0.1) is 12.2 Å². The topological polar surface area (TPSA) is 47.1 Å². The first-order chi connectivity index (χ1) is 9.01. The van der Waals surface area contributed by atoms with Crippen LogP contribution < -0.4 is 5.73 Å². The highest BCUT2D eigenvalue weighted by molar-refractivity contribution is 7.98. The minimum Gasteiger partial charge on any atom is -0.326 e. The lowest BCUT2D eigenvalue weighted by Gasteiger charge is -2.36. The van der Waals surface area contributed by atoms with E-state index >= 15 is 0 Å². The monoisotopic (exact) mass is 284 g/mol. The Balaban J connectivity index is 2.84. The van der Waals surface area contributed by atoms with Gasteiger partial charge in [-0.1, -0.05) is 6.92 Å². The minimum atomic E-state index is 0.144. The van der Waals surface area contributed by atoms with E-state index in [1.165, 1.54) is 17.7 Å². The third-order valence-corrected chi connectivity index (χ3v) is 4.46. The zero-order chi connectivity index (χ0) is 14.4. The number of likely N-dealkylation sites (N-methyl/N-ethyl adjacent to an activating group) is 1. The van der Waals surface area contributed by atoms with E-state index in [-0.39, 0.29) is 12.1 Å². The normalized spacial score (nSPS) is 16.6. The molecule has 0 aliphatic heterocycles. The maximum Gasteiger partial charge on any atom is 0.0538 e. The fourth-order valence-electron chi connectivity index (χ4n) is 2.37. The van der Waals surface area contributed by atoms with Crippen LogP contribution in [0.25, 0.3) is 0 Å². The minimum absolute atomic E-state index is 0.144. The molecule has 0 aliphatic rings. The first kappa shape index (κ1) is 16.5. The maximum atomic E-state index is 6.34. The quantitative estimate of drug-likeness (QED) is 0.795. The molecule has 0 bridgehead atoms. The van der Waals surface area contributed by atoms with Crippen molar-refractivity contribution in [3.63, 3.8) is 0 Å². The Morgan fingerprint density at radius 3 is 2.68 bits per heavy atom. The van der Waals surface area contributed by atoms with Crippen LogP contribution in [-0.2, 0) is 7.05 Å². The van der Waals surface area contributed by atoms with Gasteiger partial charge < -0.3 is 5.73 Å². The average Bonchev–Trinajstić information content (AvgIpc) is 2.82. The highest BCUT2D eigenvalue weighted by atomic mass is 32.2. The van der Waals surface area contributed by atoms with Crippen molar-refractivity contribution < 1.29 is 0 Å². The first-order valence-corrected chi connectivity index (χ1v) is 8.35. The van der Waals surface area contributed by atoms with E-state index < -0.39 is 0 Å². The van der Waals surface area contributed by atoms with Crippen LogP contribution in [-0.4, -0.2) is 45.8 Å². The number of hydrogen-bond acceptors (Lipinski definition) is 4. The molecule has 0 radical (unpaired) electrons. The van der Waals surface area contributed by atoms with Gasteiger partial charge in [-0.25, -0.2) is 0 Å². The van der Waals surface area contributed by atoms with Crippen LogP contribution in [0.2, 0.25) is 0 Å². The van der Waals surface area contributed by atoms with Gasteiger partial charge in [0.15, 0.2) is 0 Å². The Hall–Kier alpha value is -0.520. The van der Waals surface area contributed by atoms with Gasteiger partial charge in [-0.05, 0) is 38.8 Å². The molecule has 19 heavy (non-hydrogen) atoms. The van der Waals surface area contributed by atoms with E-state index in [4.69, 9.17) is 5.73 Å². The molecule has 0 amide bonds. The highest BCUT2D eigenvalue weighted by Gasteiger charge is 2.27. The summed E-state index contributed by atoms with van der Waals surface area (Å²) in [7, 11) is 4.13. The van der Waals surface area contributed by atoms with Gasteiger partial charge in [-0.15, -0.1) is 0 Å². The van der Waals surface area contributed by atoms with Crippen molar-refractivity contribution in [3.8, 4) is 0 Å². The molecule has 1 rings (SSSR count). The number of aromatic nitrogens is 2. The maximum absolute atomic E-state index is 6.34. The van der Waals surface area contributed by atoms with Gasteiger partial charge in [0.1, 0.15) is 0 Å². The predicted octanol–water partition coefficient (Wildman–Crippen LogP) is 2.27. The third-order valence-electron chi connectivity index (χ3n) is 3.82. The zero-order valence-corrected chi connectivity index (χ0v) is 13.7. The van der Waals surface area contributed by atoms with Crippen LogP contribution in [0.15, 0.2) is 12.4 Å². The smallest absolute Gasteiger partial charge is 0.0538 e. The molecule has 3 unspecified atom stereocenters. The highest BCUT2D eigenvalue weighted by Crippen LogP contribution is 2.26. The second-order valence-electron chi connectivity index (χ2n) is 5.26. The summed E-state index contributed by atoms with van der Waals surface area (Å²) in [4.78, 5) is 2.40. The van der Waals surface area contributed by atoms with Crippen LogP contribution >= 0.6 is 11.8 Å². The number of aryl methyl sites for hydroxylation is 1. The SMILES string of the molecule is CCC(N)C(c1cnn(C)c1)N(C)C(C)CCSC. The van der Waals surface area contributed by atoms with Crippen molar-refractivity contribution in [2.45, 2.75) is 44.8 Å². The summed E-state index contributed by atoms with van der Waals surface area (Å²) in [5.74, 6) is 1.19. The summed E-state index contributed by atoms with van der Waals surface area (Å²) in [6, 6.07) is 0.914. The molecule has 0 fully saturated rings. The number of thioether (sulfide) groups is 1. The lowest BCUT2D eigenvalue weighted by molar-refractivity contribution is 0.155. The molecular weight excluding hydrogens is 256 g/mol. The molecule has 3 atom stereocenters. The van der Waals surface area contributed by atoms with Crippen LogP contribution in [0, 0.1) is 0 Å². The molecule has 0 aliphatic carbocycles. The lowest BCUT2D eigenvalue weighted by Crippen LogP contribution is -2.43. The second-order valence-corrected chi connectivity index (χ2v) is 6.25. The molecule has 1 heterocycles. The lowest BCUT2D eigenvalue weighted by atomic mass is 9.97. The van der Waals surface area contributed by atoms with E-state index in [0.717, 1.165) is 6.42 Å². The molecule has 0 saturated heterocycles. The fourth-order valence-corrected chi connectivity index (χ4v) is 2.94. The molecule has 110 valence electrons. The number of nitrogens with two attached hydrogens (primary N) is 1. The van der Waals surface area contributed by atoms with E-state index in [0.29, 0.717) is 6.04 Å². The Bertz CT molecular complexity index is 366. The summed E-state index contributed by atoms with van der Waals surface area (Å²) >= 11 is 1.90. The Morgan fingerprint density at radius 2 is 2.21 bits per heavy atom. The van der Waals surface area contributed by atoms with Crippen LogP contribution in [0.3, 0.4) is 0 Å². The van der Waals surface area contributed by atoms with E-state index in [1.54, 1.807) is 0 Å². The molecule has 1 aromatic rings. The van der Waals surface area contributed by atoms with Crippen molar-refractivity contribution in [2.75, 3.05) is 19.1 Å². The van der Waals surface area contributed by atoms with Crippen LogP contribution in [0.4, 0.5) is 0 Å². The van der Waals surface area contributed by atoms with E-state index in [9.17, 15) is 0 Å². The molecule has 5 heteroatoms. The molecular formula is C14H28N4S. The fraction of sp³-hybridized carbons (Fsp3) is 0.786. The van der Waals surface area contributed by atoms with Crippen molar-refractivity contribution in [1.29, 1.82) is 0 Å². The predicted molar refractivity (Wildman–Crippen MR) is 84.4 cm³/mol. The van der Waals surface area contributed by atoms with Crippen molar-refractivity contribution in [3.05, 3.63) is 18.0 Å². The number of nitrogens with zero attached hydrogens (tertiary/aromatic N) is 3. The van der Waals surface area contributed by atoms with Crippen LogP contribution in [0.5, 0.6) is 0 Å². The molecule has 1 aromatic heterocycles. The van der Waals surface area contributed by atoms with Crippen molar-refractivity contribution >= 4 is 11.8 Å². The van der Waals surface area contributed by atoms with Gasteiger partial charge in [0.2, 0.25) is 0 Å². The Kier molecular flexibility index (Phi) is 6.89. The standard InChI is InChI=1S/C14H28N4S/c1-6-13(15)14(12-9-16-17(3)10-12)18(4)11(2)7-8-19-5/h9-11,13-14H,6-8,15H2,1-5H3. The summed E-state index contributed by atoms with van der Waals surface area (Å²) in [6.07, 6.45) is 8.34. The molecule has 0 saturated carbocycles. The van der Waals surface area contributed by atoms with Gasteiger partial charge in [0, 0.05) is 30.9 Å². The largest absolute Gasteiger partial charge is 0.326 e. The number of hydrogen-bond donors (Lipinski definition) is 1. The van der Waals surface area contributed by atoms with Crippen molar-refractivity contribution in [1.82, 2.24) is 14.7 Å². The van der Waals surface area contributed by atoms with E-state index in [2.05, 4.69) is 43.3 Å². The van der Waals surface area contributed by atoms with Crippen molar-refractivity contribution in [2.24, 2.45) is 12.8 Å². The molecule has 0 spiro atoms. The Labute approximate surface area is 121 Å². The summed E-state index contributed by atoms with van der Waals surface area (Å²) < 4.78 is 1.85. The molecule has 4 nitrogen and oxygen atoms in total. The van der Waals surface area contributed by atoms with Gasteiger partial charge in [-0.3, -0.25) is 9.58 Å². The molecule has 0 aromatic carbocycles. The third kappa shape index (κ3) is 4.51.